The van der Waals surface area contributed by atoms with Crippen LogP contribution in [0.5, 0.6) is 0 Å². The third-order valence-electron chi connectivity index (χ3n) is 3.41. The number of alkyl halides is 3. The van der Waals surface area contributed by atoms with E-state index < -0.39 is 12.1 Å². The van der Waals surface area contributed by atoms with Crippen LogP contribution in [0.15, 0.2) is 12.2 Å². The van der Waals surface area contributed by atoms with E-state index in [2.05, 4.69) is 5.32 Å². The smallest absolute Gasteiger partial charge is 0.356 e. The molecule has 104 valence electrons. The Morgan fingerprint density at radius 1 is 1.28 bits per heavy atom. The summed E-state index contributed by atoms with van der Waals surface area (Å²) in [5.74, 6) is -1.56. The number of hydrogen-bond donors (Lipinski definition) is 1. The van der Waals surface area contributed by atoms with E-state index in [1.54, 1.807) is 0 Å². The summed E-state index contributed by atoms with van der Waals surface area (Å²) in [6, 6.07) is 0. The summed E-state index contributed by atoms with van der Waals surface area (Å²) in [5.41, 5.74) is 0. The summed E-state index contributed by atoms with van der Waals surface area (Å²) in [7, 11) is 0. The quantitative estimate of drug-likeness (QED) is 0.611. The molecule has 0 aliphatic heterocycles. The van der Waals surface area contributed by atoms with Gasteiger partial charge in [-0.2, -0.15) is 13.2 Å². The van der Waals surface area contributed by atoms with Crippen LogP contribution < -0.4 is 5.32 Å². The third-order valence-corrected chi connectivity index (χ3v) is 3.41. The molecule has 0 atom stereocenters. The minimum Gasteiger partial charge on any atom is -0.356 e. The van der Waals surface area contributed by atoms with E-state index in [4.69, 9.17) is 0 Å². The van der Waals surface area contributed by atoms with Crippen molar-refractivity contribution in [3.63, 3.8) is 0 Å². The van der Waals surface area contributed by atoms with E-state index in [-0.39, 0.29) is 24.7 Å². The van der Waals surface area contributed by atoms with Crippen molar-refractivity contribution in [1.82, 2.24) is 5.32 Å². The summed E-state index contributed by atoms with van der Waals surface area (Å²) in [6.45, 7) is 2.46. The van der Waals surface area contributed by atoms with Crippen molar-refractivity contribution in [2.45, 2.75) is 45.2 Å². The second kappa shape index (κ2) is 6.81. The van der Waals surface area contributed by atoms with Gasteiger partial charge in [-0.15, -0.1) is 0 Å². The Morgan fingerprint density at radius 3 is 2.39 bits per heavy atom. The van der Waals surface area contributed by atoms with Crippen LogP contribution in [0.1, 0.15) is 39.0 Å². The van der Waals surface area contributed by atoms with E-state index >= 15 is 0 Å². The highest BCUT2D eigenvalue weighted by Gasteiger charge is 2.42. The molecular formula is C13H20F3NO. The molecule has 0 saturated heterocycles. The van der Waals surface area contributed by atoms with Crippen LogP contribution in [0, 0.1) is 11.8 Å². The highest BCUT2D eigenvalue weighted by atomic mass is 19.4. The first-order valence-corrected chi connectivity index (χ1v) is 6.40. The van der Waals surface area contributed by atoms with Gasteiger partial charge in [-0.1, -0.05) is 12.2 Å². The van der Waals surface area contributed by atoms with Crippen molar-refractivity contribution in [2.75, 3.05) is 6.54 Å². The number of rotatable bonds is 4. The second-order valence-electron chi connectivity index (χ2n) is 4.74. The van der Waals surface area contributed by atoms with Crippen molar-refractivity contribution < 1.29 is 18.0 Å². The number of allylic oxidation sites excluding steroid dienone is 1. The lowest BCUT2D eigenvalue weighted by Gasteiger charge is -2.29. The van der Waals surface area contributed by atoms with E-state index in [0.29, 0.717) is 19.4 Å². The Bertz CT molecular complexity index is 291. The van der Waals surface area contributed by atoms with Crippen LogP contribution in [0.25, 0.3) is 0 Å². The Kier molecular flexibility index (Phi) is 5.69. The van der Waals surface area contributed by atoms with E-state index in [9.17, 15) is 18.0 Å². The summed E-state index contributed by atoms with van der Waals surface area (Å²) in [6.07, 6.45) is 1.36. The SMILES string of the molecule is C/C=C/CCNC(=O)C1CCC(C(F)(F)F)CC1. The van der Waals surface area contributed by atoms with Gasteiger partial charge >= 0.3 is 6.18 Å². The molecule has 0 spiro atoms. The molecule has 2 nitrogen and oxygen atoms in total. The molecule has 0 bridgehead atoms. The first kappa shape index (κ1) is 15.1. The molecule has 0 aromatic carbocycles. The number of amides is 1. The molecule has 1 aliphatic carbocycles. The maximum Gasteiger partial charge on any atom is 0.391 e. The first-order valence-electron chi connectivity index (χ1n) is 6.40. The maximum absolute atomic E-state index is 12.4. The molecule has 1 fully saturated rings. The zero-order valence-corrected chi connectivity index (χ0v) is 10.6. The topological polar surface area (TPSA) is 29.1 Å². The molecule has 1 N–H and O–H groups in total. The molecule has 0 heterocycles. The summed E-state index contributed by atoms with van der Waals surface area (Å²) in [5, 5.41) is 2.77. The molecule has 0 radical (unpaired) electrons. The van der Waals surface area contributed by atoms with Crippen molar-refractivity contribution in [2.24, 2.45) is 11.8 Å². The Labute approximate surface area is 106 Å². The minimum absolute atomic E-state index is 0.0798. The predicted octanol–water partition coefficient (Wildman–Crippen LogP) is 3.44. The van der Waals surface area contributed by atoms with Gasteiger partial charge in [-0.05, 0) is 39.0 Å². The van der Waals surface area contributed by atoms with Gasteiger partial charge in [0.05, 0.1) is 5.92 Å². The van der Waals surface area contributed by atoms with Gasteiger partial charge in [0.2, 0.25) is 5.91 Å². The normalized spacial score (nSPS) is 25.3. The largest absolute Gasteiger partial charge is 0.391 e. The van der Waals surface area contributed by atoms with Gasteiger partial charge in [-0.25, -0.2) is 0 Å². The predicted molar refractivity (Wildman–Crippen MR) is 63.9 cm³/mol. The number of hydrogen-bond acceptors (Lipinski definition) is 1. The molecular weight excluding hydrogens is 243 g/mol. The average molecular weight is 263 g/mol. The molecule has 5 heteroatoms. The fraction of sp³-hybridized carbons (Fsp3) is 0.769. The van der Waals surface area contributed by atoms with Gasteiger partial charge in [0.25, 0.3) is 0 Å². The van der Waals surface area contributed by atoms with Crippen LogP contribution in [-0.4, -0.2) is 18.6 Å². The van der Waals surface area contributed by atoms with Gasteiger partial charge < -0.3 is 5.32 Å². The number of carbonyl (C=O) groups excluding carboxylic acids is 1. The average Bonchev–Trinajstić information content (AvgIpc) is 2.33. The van der Waals surface area contributed by atoms with Crippen LogP contribution in [0.2, 0.25) is 0 Å². The van der Waals surface area contributed by atoms with Gasteiger partial charge in [0.15, 0.2) is 0 Å². The molecule has 1 aliphatic rings. The summed E-state index contributed by atoms with van der Waals surface area (Å²) in [4.78, 5) is 11.7. The molecule has 18 heavy (non-hydrogen) atoms. The van der Waals surface area contributed by atoms with Gasteiger partial charge in [0, 0.05) is 12.5 Å². The second-order valence-corrected chi connectivity index (χ2v) is 4.74. The molecule has 0 unspecified atom stereocenters. The third kappa shape index (κ3) is 4.70. The Hall–Kier alpha value is -1.00. The number of carbonyl (C=O) groups is 1. The highest BCUT2D eigenvalue weighted by Crippen LogP contribution is 2.39. The minimum atomic E-state index is -4.10. The maximum atomic E-state index is 12.4. The molecule has 0 aromatic rings. The zero-order valence-electron chi connectivity index (χ0n) is 10.6. The van der Waals surface area contributed by atoms with Crippen LogP contribution in [0.4, 0.5) is 13.2 Å². The van der Waals surface area contributed by atoms with E-state index in [1.807, 2.05) is 19.1 Å². The summed E-state index contributed by atoms with van der Waals surface area (Å²) < 4.78 is 37.3. The van der Waals surface area contributed by atoms with Crippen molar-refractivity contribution in [3.05, 3.63) is 12.2 Å². The summed E-state index contributed by atoms with van der Waals surface area (Å²) >= 11 is 0. The van der Waals surface area contributed by atoms with Gasteiger partial charge in [0.1, 0.15) is 0 Å². The van der Waals surface area contributed by atoms with Crippen LogP contribution in [-0.2, 0) is 4.79 Å². The highest BCUT2D eigenvalue weighted by molar-refractivity contribution is 5.78. The lowest BCUT2D eigenvalue weighted by Crippen LogP contribution is -2.36. The molecule has 1 rings (SSSR count). The molecule has 1 saturated carbocycles. The van der Waals surface area contributed by atoms with Crippen molar-refractivity contribution in [3.8, 4) is 0 Å². The van der Waals surface area contributed by atoms with Gasteiger partial charge in [-0.3, -0.25) is 4.79 Å². The fourth-order valence-corrected chi connectivity index (χ4v) is 2.27. The van der Waals surface area contributed by atoms with Crippen LogP contribution >= 0.6 is 0 Å². The lowest BCUT2D eigenvalue weighted by atomic mass is 9.81. The zero-order chi connectivity index (χ0) is 13.6. The van der Waals surface area contributed by atoms with Crippen LogP contribution in [0.3, 0.4) is 0 Å². The number of nitrogens with one attached hydrogen (secondary N) is 1. The van der Waals surface area contributed by atoms with Crippen molar-refractivity contribution >= 4 is 5.91 Å². The molecule has 1 amide bonds. The lowest BCUT2D eigenvalue weighted by molar-refractivity contribution is -0.184. The standard InChI is InChI=1S/C13H20F3NO/c1-2-3-4-9-17-12(18)10-5-7-11(8-6-10)13(14,15)16/h2-3,10-11H,4-9H2,1H3,(H,17,18)/b3-2+. The first-order chi connectivity index (χ1) is 8.45. The number of halogens is 3. The van der Waals surface area contributed by atoms with E-state index in [1.165, 1.54) is 0 Å². The fourth-order valence-electron chi connectivity index (χ4n) is 2.27. The Morgan fingerprint density at radius 2 is 1.89 bits per heavy atom. The van der Waals surface area contributed by atoms with Crippen molar-refractivity contribution in [1.29, 1.82) is 0 Å². The Balaban J connectivity index is 2.27. The monoisotopic (exact) mass is 263 g/mol. The molecule has 0 aromatic heterocycles. The van der Waals surface area contributed by atoms with E-state index in [0.717, 1.165) is 6.42 Å².